The Labute approximate surface area is 240 Å². The van der Waals surface area contributed by atoms with Crippen LogP contribution in [0.1, 0.15) is 72.7 Å². The van der Waals surface area contributed by atoms with Crippen molar-refractivity contribution in [2.75, 3.05) is 19.6 Å². The SMILES string of the molecule is Cc1nc2ccccc2n1C1CC2CC[C@H](C1)N2CCC1(c2ccccc2)CCN(C(=O)c2c[nH]ncc2=O)CC1. The number of amides is 1. The Morgan fingerprint density at radius 2 is 1.68 bits per heavy atom. The number of aromatic amines is 1. The van der Waals surface area contributed by atoms with E-state index in [4.69, 9.17) is 4.98 Å². The topological polar surface area (TPSA) is 87.1 Å². The van der Waals surface area contributed by atoms with E-state index in [1.807, 2.05) is 4.90 Å². The molecule has 4 aromatic rings. The molecule has 8 heteroatoms. The van der Waals surface area contributed by atoms with Crippen LogP contribution in [0.5, 0.6) is 0 Å². The number of carbonyl (C=O) groups excluding carboxylic acids is 1. The summed E-state index contributed by atoms with van der Waals surface area (Å²) in [6.07, 6.45) is 10.4. The first-order chi connectivity index (χ1) is 20.0. The number of piperidine rings is 2. The molecule has 3 aliphatic rings. The van der Waals surface area contributed by atoms with Gasteiger partial charge in [-0.05, 0) is 81.5 Å². The molecule has 3 fully saturated rings. The van der Waals surface area contributed by atoms with Gasteiger partial charge >= 0.3 is 0 Å². The second-order valence-corrected chi connectivity index (χ2v) is 12.3. The normalized spacial score (nSPS) is 24.1. The molecule has 8 nitrogen and oxygen atoms in total. The van der Waals surface area contributed by atoms with E-state index in [0.29, 0.717) is 31.2 Å². The van der Waals surface area contributed by atoms with Crippen LogP contribution in [0.3, 0.4) is 0 Å². The summed E-state index contributed by atoms with van der Waals surface area (Å²) in [6.45, 7) is 4.53. The number of aryl methyl sites for hydroxylation is 1. The van der Waals surface area contributed by atoms with Gasteiger partial charge in [-0.25, -0.2) is 4.98 Å². The highest BCUT2D eigenvalue weighted by Gasteiger charge is 2.44. The third kappa shape index (κ3) is 4.68. The van der Waals surface area contributed by atoms with Crippen LogP contribution in [0.2, 0.25) is 0 Å². The third-order valence-electron chi connectivity index (χ3n) is 10.2. The molecule has 3 saturated heterocycles. The minimum absolute atomic E-state index is 0.0239. The largest absolute Gasteiger partial charge is 0.338 e. The van der Waals surface area contributed by atoms with Crippen LogP contribution in [-0.4, -0.2) is 67.2 Å². The highest BCUT2D eigenvalue weighted by Crippen LogP contribution is 2.45. The first kappa shape index (κ1) is 26.1. The second-order valence-electron chi connectivity index (χ2n) is 12.3. The highest BCUT2D eigenvalue weighted by atomic mass is 16.2. The van der Waals surface area contributed by atoms with Crippen molar-refractivity contribution in [2.24, 2.45) is 0 Å². The molecule has 0 aliphatic carbocycles. The molecule has 3 atom stereocenters. The van der Waals surface area contributed by atoms with Crippen LogP contribution in [0.4, 0.5) is 0 Å². The average molecular weight is 551 g/mol. The van der Waals surface area contributed by atoms with Crippen molar-refractivity contribution in [3.05, 3.63) is 94.2 Å². The number of para-hydroxylation sites is 2. The molecule has 3 aliphatic heterocycles. The third-order valence-corrected chi connectivity index (χ3v) is 10.2. The lowest BCUT2D eigenvalue weighted by Gasteiger charge is -2.45. The first-order valence-corrected chi connectivity index (χ1v) is 15.1. The van der Waals surface area contributed by atoms with Gasteiger partial charge in [0.15, 0.2) is 0 Å². The number of hydrogen-bond donors (Lipinski definition) is 1. The molecule has 0 saturated carbocycles. The zero-order valence-corrected chi connectivity index (χ0v) is 23.7. The summed E-state index contributed by atoms with van der Waals surface area (Å²) in [5, 5.41) is 6.39. The number of imidazole rings is 1. The van der Waals surface area contributed by atoms with Crippen LogP contribution in [0, 0.1) is 6.92 Å². The van der Waals surface area contributed by atoms with Gasteiger partial charge in [0.1, 0.15) is 11.4 Å². The molecule has 2 aromatic carbocycles. The number of nitrogens with zero attached hydrogens (tertiary/aromatic N) is 5. The maximum atomic E-state index is 13.2. The zero-order chi connectivity index (χ0) is 28.0. The van der Waals surface area contributed by atoms with Gasteiger partial charge in [-0.2, -0.15) is 5.10 Å². The number of H-pyrrole nitrogens is 1. The van der Waals surface area contributed by atoms with Gasteiger partial charge in [-0.3, -0.25) is 19.6 Å². The molecule has 5 heterocycles. The minimum atomic E-state index is -0.327. The lowest BCUT2D eigenvalue weighted by atomic mass is 9.70. The van der Waals surface area contributed by atoms with Crippen LogP contribution in [0.15, 0.2) is 71.8 Å². The van der Waals surface area contributed by atoms with Gasteiger partial charge in [0, 0.05) is 37.4 Å². The Morgan fingerprint density at radius 1 is 0.976 bits per heavy atom. The minimum Gasteiger partial charge on any atom is -0.338 e. The van der Waals surface area contributed by atoms with E-state index in [1.165, 1.54) is 49.2 Å². The van der Waals surface area contributed by atoms with Gasteiger partial charge in [0.25, 0.3) is 5.91 Å². The number of aromatic nitrogens is 4. The summed E-state index contributed by atoms with van der Waals surface area (Å²) >= 11 is 0. The Bertz CT molecular complexity index is 1590. The van der Waals surface area contributed by atoms with Crippen molar-refractivity contribution in [1.29, 1.82) is 0 Å². The van der Waals surface area contributed by atoms with Crippen LogP contribution in [-0.2, 0) is 5.41 Å². The molecule has 0 spiro atoms. The summed E-state index contributed by atoms with van der Waals surface area (Å²) in [4.78, 5) is 34.9. The summed E-state index contributed by atoms with van der Waals surface area (Å²) in [7, 11) is 0. The van der Waals surface area contributed by atoms with Crippen LogP contribution >= 0.6 is 0 Å². The van der Waals surface area contributed by atoms with Crippen molar-refractivity contribution < 1.29 is 4.79 Å². The number of rotatable bonds is 6. The molecule has 2 aromatic heterocycles. The fourth-order valence-electron chi connectivity index (χ4n) is 8.08. The van der Waals surface area contributed by atoms with E-state index < -0.39 is 0 Å². The summed E-state index contributed by atoms with van der Waals surface area (Å²) in [6, 6.07) is 21.1. The molecular weight excluding hydrogens is 512 g/mol. The molecule has 212 valence electrons. The maximum Gasteiger partial charge on any atom is 0.259 e. The summed E-state index contributed by atoms with van der Waals surface area (Å²) in [5.74, 6) is 0.930. The van der Waals surface area contributed by atoms with Gasteiger partial charge in [0.2, 0.25) is 5.43 Å². The Kier molecular flexibility index (Phi) is 6.73. The molecule has 0 radical (unpaired) electrons. The number of nitrogens with one attached hydrogen (secondary N) is 1. The quantitative estimate of drug-likeness (QED) is 0.371. The Balaban J connectivity index is 1.07. The predicted molar refractivity (Wildman–Crippen MR) is 159 cm³/mol. The summed E-state index contributed by atoms with van der Waals surface area (Å²) < 4.78 is 2.50. The van der Waals surface area contributed by atoms with Crippen LogP contribution in [0.25, 0.3) is 11.0 Å². The fraction of sp³-hybridized carbons (Fsp3) is 0.455. The zero-order valence-electron chi connectivity index (χ0n) is 23.7. The molecule has 2 bridgehead atoms. The standard InChI is InChI=1S/C33H38N6O2/c1-23-36-29-9-5-6-10-30(29)39(23)27-19-25-11-12-26(20-27)38(25)18-15-33(24-7-3-2-4-8-24)13-16-37(17-14-33)32(41)28-21-34-35-22-31(28)40/h2-10,21-22,25-27H,11-20H2,1H3,(H,34,40)/t25-,26?,27?/m1/s1. The smallest absolute Gasteiger partial charge is 0.259 e. The van der Waals surface area contributed by atoms with Crippen molar-refractivity contribution >= 4 is 16.9 Å². The van der Waals surface area contributed by atoms with Gasteiger partial charge in [-0.1, -0.05) is 42.5 Å². The lowest BCUT2D eigenvalue weighted by Crippen LogP contribution is -2.49. The second kappa shape index (κ2) is 10.6. The van der Waals surface area contributed by atoms with E-state index in [-0.39, 0.29) is 22.3 Å². The average Bonchev–Trinajstić information content (AvgIpc) is 3.47. The van der Waals surface area contributed by atoms with E-state index in [0.717, 1.165) is 37.1 Å². The summed E-state index contributed by atoms with van der Waals surface area (Å²) in [5.41, 5.74) is 3.61. The maximum absolute atomic E-state index is 13.2. The molecule has 1 amide bonds. The first-order valence-electron chi connectivity index (χ1n) is 15.1. The molecule has 41 heavy (non-hydrogen) atoms. The van der Waals surface area contributed by atoms with Crippen molar-refractivity contribution in [3.8, 4) is 0 Å². The lowest BCUT2D eigenvalue weighted by molar-refractivity contribution is 0.0605. The van der Waals surface area contributed by atoms with Gasteiger partial charge < -0.3 is 9.47 Å². The van der Waals surface area contributed by atoms with E-state index in [9.17, 15) is 9.59 Å². The number of hydrogen-bond acceptors (Lipinski definition) is 5. The molecule has 1 N–H and O–H groups in total. The van der Waals surface area contributed by atoms with Crippen molar-refractivity contribution in [1.82, 2.24) is 29.5 Å². The molecular formula is C33H38N6O2. The highest BCUT2D eigenvalue weighted by molar-refractivity contribution is 5.93. The number of likely N-dealkylation sites (tertiary alicyclic amines) is 1. The molecule has 2 unspecified atom stereocenters. The number of benzene rings is 2. The van der Waals surface area contributed by atoms with E-state index in [2.05, 4.69) is 81.2 Å². The van der Waals surface area contributed by atoms with Gasteiger partial charge in [-0.15, -0.1) is 0 Å². The predicted octanol–water partition coefficient (Wildman–Crippen LogP) is 4.86. The monoisotopic (exact) mass is 550 g/mol. The van der Waals surface area contributed by atoms with Crippen LogP contribution < -0.4 is 5.43 Å². The Hall–Kier alpha value is -3.78. The fourth-order valence-corrected chi connectivity index (χ4v) is 8.08. The van der Waals surface area contributed by atoms with Gasteiger partial charge in [0.05, 0.1) is 17.2 Å². The Morgan fingerprint density at radius 3 is 2.41 bits per heavy atom. The van der Waals surface area contributed by atoms with E-state index in [1.54, 1.807) is 0 Å². The number of fused-ring (bicyclic) bond motifs is 3. The number of carbonyl (C=O) groups is 1. The van der Waals surface area contributed by atoms with E-state index >= 15 is 0 Å². The van der Waals surface area contributed by atoms with Crippen molar-refractivity contribution in [3.63, 3.8) is 0 Å². The van der Waals surface area contributed by atoms with Crippen molar-refractivity contribution in [2.45, 2.75) is 75.4 Å². The molecule has 7 rings (SSSR count).